The van der Waals surface area contributed by atoms with Crippen LogP contribution in [0, 0.1) is 20.8 Å². The Morgan fingerprint density at radius 1 is 1.14 bits per heavy atom. The second-order valence-electron chi connectivity index (χ2n) is 6.97. The van der Waals surface area contributed by atoms with Crippen molar-refractivity contribution in [2.45, 2.75) is 32.1 Å². The summed E-state index contributed by atoms with van der Waals surface area (Å²) >= 11 is 3.26. The summed E-state index contributed by atoms with van der Waals surface area (Å²) in [5, 5.41) is 8.32. The number of nitrogens with one attached hydrogen (secondary N) is 1. The van der Waals surface area contributed by atoms with Crippen molar-refractivity contribution >= 4 is 45.0 Å². The van der Waals surface area contributed by atoms with Gasteiger partial charge in [0.25, 0.3) is 0 Å². The first-order valence-corrected chi connectivity index (χ1v) is 11.2. The number of carbonyl (C=O) groups is 1. The third-order valence-electron chi connectivity index (χ3n) is 4.44. The van der Waals surface area contributed by atoms with Gasteiger partial charge in [-0.2, -0.15) is 9.78 Å². The van der Waals surface area contributed by atoms with Crippen molar-refractivity contribution in [2.75, 3.05) is 11.1 Å². The average Bonchev–Trinajstić information content (AvgIpc) is 3.26. The summed E-state index contributed by atoms with van der Waals surface area (Å²) in [6, 6.07) is 16.3. The van der Waals surface area contributed by atoms with E-state index < -0.39 is 0 Å². The fourth-order valence-corrected chi connectivity index (χ4v) is 5.15. The molecular weight excluding hydrogens is 400 g/mol. The Morgan fingerprint density at radius 3 is 2.72 bits per heavy atom. The number of hydrogen-bond donors (Lipinski definition) is 1. The van der Waals surface area contributed by atoms with Crippen molar-refractivity contribution < 1.29 is 4.79 Å². The molecule has 1 amide bonds. The molecule has 0 saturated carbocycles. The quantitative estimate of drug-likeness (QED) is 0.415. The average molecular weight is 423 g/mol. The van der Waals surface area contributed by atoms with Crippen molar-refractivity contribution in [3.8, 4) is 5.13 Å². The van der Waals surface area contributed by atoms with E-state index in [0.717, 1.165) is 32.4 Å². The van der Waals surface area contributed by atoms with E-state index in [-0.39, 0.29) is 5.91 Å². The third kappa shape index (κ3) is 4.52. The van der Waals surface area contributed by atoms with Crippen LogP contribution in [0.1, 0.15) is 23.2 Å². The van der Waals surface area contributed by atoms with Crippen LogP contribution in [0.5, 0.6) is 0 Å². The fourth-order valence-electron chi connectivity index (χ4n) is 3.17. The predicted molar refractivity (Wildman–Crippen MR) is 121 cm³/mol. The van der Waals surface area contributed by atoms with Gasteiger partial charge < -0.3 is 5.32 Å². The van der Waals surface area contributed by atoms with Crippen LogP contribution in [0.15, 0.2) is 53.4 Å². The van der Waals surface area contributed by atoms with Crippen LogP contribution in [0.25, 0.3) is 15.3 Å². The third-order valence-corrected chi connectivity index (χ3v) is 6.43. The molecule has 0 bridgehead atoms. The Kier molecular flexibility index (Phi) is 5.69. The van der Waals surface area contributed by atoms with E-state index in [1.165, 1.54) is 10.5 Å². The number of aryl methyl sites for hydroxylation is 3. The molecule has 0 spiro atoms. The SMILES string of the molecule is Cc1cc(C)c2nc(-n3nc(C)cc3NC(=O)CCSc3ccccc3)sc2c1. The normalized spacial score (nSPS) is 11.1. The summed E-state index contributed by atoms with van der Waals surface area (Å²) < 4.78 is 2.86. The van der Waals surface area contributed by atoms with Crippen LogP contribution in [-0.4, -0.2) is 26.4 Å². The molecule has 2 heterocycles. The van der Waals surface area contributed by atoms with Crippen LogP contribution in [-0.2, 0) is 4.79 Å². The summed E-state index contributed by atoms with van der Waals surface area (Å²) in [6.45, 7) is 6.07. The maximum atomic E-state index is 12.5. The molecule has 0 atom stereocenters. The van der Waals surface area contributed by atoms with Gasteiger partial charge in [-0.05, 0) is 50.1 Å². The minimum Gasteiger partial charge on any atom is -0.310 e. The maximum absolute atomic E-state index is 12.5. The Morgan fingerprint density at radius 2 is 1.93 bits per heavy atom. The van der Waals surface area contributed by atoms with Gasteiger partial charge in [0.15, 0.2) is 0 Å². The number of aromatic nitrogens is 3. The van der Waals surface area contributed by atoms with Gasteiger partial charge in [-0.25, -0.2) is 4.98 Å². The van der Waals surface area contributed by atoms with Crippen molar-refractivity contribution in [3.05, 3.63) is 65.4 Å². The molecule has 0 aliphatic carbocycles. The molecule has 0 aliphatic rings. The lowest BCUT2D eigenvalue weighted by Gasteiger charge is -2.06. The Labute approximate surface area is 178 Å². The van der Waals surface area contributed by atoms with Crippen LogP contribution in [0.3, 0.4) is 0 Å². The number of amides is 1. The standard InChI is InChI=1S/C22H22N4OS2/c1-14-11-15(2)21-18(12-14)29-22(24-21)26-19(13-16(3)25-26)23-20(27)9-10-28-17-7-5-4-6-8-17/h4-8,11-13H,9-10H2,1-3H3,(H,23,27). The van der Waals surface area contributed by atoms with E-state index >= 15 is 0 Å². The summed E-state index contributed by atoms with van der Waals surface area (Å²) in [6.07, 6.45) is 0.432. The lowest BCUT2D eigenvalue weighted by molar-refractivity contribution is -0.115. The van der Waals surface area contributed by atoms with Crippen molar-refractivity contribution in [2.24, 2.45) is 0 Å². The smallest absolute Gasteiger partial charge is 0.226 e. The summed E-state index contributed by atoms with van der Waals surface area (Å²) in [5.74, 6) is 1.36. The topological polar surface area (TPSA) is 59.8 Å². The Balaban J connectivity index is 1.50. The zero-order valence-corrected chi connectivity index (χ0v) is 18.2. The van der Waals surface area contributed by atoms with E-state index in [0.29, 0.717) is 12.2 Å². The summed E-state index contributed by atoms with van der Waals surface area (Å²) in [7, 11) is 0. The molecule has 5 nitrogen and oxygen atoms in total. The van der Waals surface area contributed by atoms with E-state index in [4.69, 9.17) is 4.98 Å². The van der Waals surface area contributed by atoms with E-state index in [9.17, 15) is 4.79 Å². The molecule has 148 valence electrons. The van der Waals surface area contributed by atoms with Crippen LogP contribution >= 0.6 is 23.1 Å². The minimum atomic E-state index is -0.0253. The number of thioether (sulfide) groups is 1. The van der Waals surface area contributed by atoms with E-state index in [1.807, 2.05) is 31.2 Å². The number of fused-ring (bicyclic) bond motifs is 1. The second kappa shape index (κ2) is 8.39. The number of benzene rings is 2. The molecule has 0 radical (unpaired) electrons. The number of hydrogen-bond acceptors (Lipinski definition) is 5. The lowest BCUT2D eigenvalue weighted by Crippen LogP contribution is -2.15. The minimum absolute atomic E-state index is 0.0253. The van der Waals surface area contributed by atoms with Gasteiger partial charge in [0.1, 0.15) is 5.82 Å². The number of anilines is 1. The molecule has 29 heavy (non-hydrogen) atoms. The Hall–Kier alpha value is -2.64. The summed E-state index contributed by atoms with van der Waals surface area (Å²) in [5.41, 5.74) is 4.19. The molecular formula is C22H22N4OS2. The molecule has 0 unspecified atom stereocenters. The fraction of sp³-hybridized carbons (Fsp3) is 0.227. The number of nitrogens with zero attached hydrogens (tertiary/aromatic N) is 3. The molecule has 7 heteroatoms. The van der Waals surface area contributed by atoms with Gasteiger partial charge in [-0.15, -0.1) is 11.8 Å². The van der Waals surface area contributed by atoms with Gasteiger partial charge in [-0.3, -0.25) is 4.79 Å². The molecule has 4 rings (SSSR count). The van der Waals surface area contributed by atoms with Gasteiger partial charge in [0.2, 0.25) is 11.0 Å². The second-order valence-corrected chi connectivity index (χ2v) is 9.14. The molecule has 4 aromatic rings. The highest BCUT2D eigenvalue weighted by Gasteiger charge is 2.15. The highest BCUT2D eigenvalue weighted by molar-refractivity contribution is 7.99. The molecule has 0 aliphatic heterocycles. The monoisotopic (exact) mass is 422 g/mol. The predicted octanol–water partition coefficient (Wildman–Crippen LogP) is 5.53. The van der Waals surface area contributed by atoms with Crippen LogP contribution in [0.4, 0.5) is 5.82 Å². The summed E-state index contributed by atoms with van der Waals surface area (Å²) in [4.78, 5) is 18.4. The molecule has 0 saturated heterocycles. The number of thiazole rings is 1. The number of rotatable bonds is 6. The zero-order valence-electron chi connectivity index (χ0n) is 16.6. The zero-order chi connectivity index (χ0) is 20.4. The highest BCUT2D eigenvalue weighted by Crippen LogP contribution is 2.30. The van der Waals surface area contributed by atoms with Crippen LogP contribution in [0.2, 0.25) is 0 Å². The first-order chi connectivity index (χ1) is 14.0. The van der Waals surface area contributed by atoms with Gasteiger partial charge in [-0.1, -0.05) is 35.6 Å². The van der Waals surface area contributed by atoms with Gasteiger partial charge >= 0.3 is 0 Å². The van der Waals surface area contributed by atoms with Crippen LogP contribution < -0.4 is 5.32 Å². The highest BCUT2D eigenvalue weighted by atomic mass is 32.2. The molecule has 2 aromatic heterocycles. The van der Waals surface area contributed by atoms with Gasteiger partial charge in [0.05, 0.1) is 15.9 Å². The Bertz CT molecular complexity index is 1160. The van der Waals surface area contributed by atoms with E-state index in [1.54, 1.807) is 27.8 Å². The van der Waals surface area contributed by atoms with E-state index in [2.05, 4.69) is 48.5 Å². The van der Waals surface area contributed by atoms with Crippen molar-refractivity contribution in [1.82, 2.24) is 14.8 Å². The van der Waals surface area contributed by atoms with Crippen molar-refractivity contribution in [3.63, 3.8) is 0 Å². The molecule has 0 fully saturated rings. The number of carbonyl (C=O) groups excluding carboxylic acids is 1. The molecule has 2 aromatic carbocycles. The lowest BCUT2D eigenvalue weighted by atomic mass is 10.1. The van der Waals surface area contributed by atoms with Gasteiger partial charge in [0, 0.05) is 23.1 Å². The van der Waals surface area contributed by atoms with Crippen molar-refractivity contribution in [1.29, 1.82) is 0 Å². The first kappa shape index (κ1) is 19.7. The first-order valence-electron chi connectivity index (χ1n) is 9.42. The largest absolute Gasteiger partial charge is 0.310 e. The maximum Gasteiger partial charge on any atom is 0.226 e. The molecule has 1 N–H and O–H groups in total.